The number of rotatable bonds is 1. The lowest BCUT2D eigenvalue weighted by atomic mass is 9.67. The van der Waals surface area contributed by atoms with E-state index in [1.165, 1.54) is 0 Å². The fourth-order valence-electron chi connectivity index (χ4n) is 5.13. The van der Waals surface area contributed by atoms with Crippen LogP contribution in [0.15, 0.2) is 12.2 Å². The largest absolute Gasteiger partial charge is 0.361 e. The van der Waals surface area contributed by atoms with Gasteiger partial charge in [0.2, 0.25) is 5.91 Å². The van der Waals surface area contributed by atoms with Crippen molar-refractivity contribution in [3.63, 3.8) is 0 Å². The first-order valence-electron chi connectivity index (χ1n) is 8.45. The van der Waals surface area contributed by atoms with Gasteiger partial charge in [0.15, 0.2) is 0 Å². The predicted octanol–water partition coefficient (Wildman–Crippen LogP) is 1.81. The monoisotopic (exact) mass is 290 g/mol. The highest BCUT2D eigenvalue weighted by Crippen LogP contribution is 2.53. The number of hydrogen-bond donors (Lipinski definition) is 0. The summed E-state index contributed by atoms with van der Waals surface area (Å²) in [5, 5.41) is 0. The summed E-state index contributed by atoms with van der Waals surface area (Å²) in [6.07, 6.45) is 9.28. The molecule has 3 saturated heterocycles. The highest BCUT2D eigenvalue weighted by Gasteiger charge is 2.59. The molecule has 4 heterocycles. The molecule has 3 unspecified atom stereocenters. The average molecular weight is 290 g/mol. The Balaban J connectivity index is 1.62. The van der Waals surface area contributed by atoms with E-state index in [4.69, 9.17) is 4.74 Å². The molecular weight excluding hydrogens is 264 g/mol. The van der Waals surface area contributed by atoms with Crippen molar-refractivity contribution in [2.24, 2.45) is 5.92 Å². The quantitative estimate of drug-likeness (QED) is 0.691. The third kappa shape index (κ3) is 1.92. The Labute approximate surface area is 127 Å². The first-order valence-corrected chi connectivity index (χ1v) is 8.45. The maximum absolute atomic E-state index is 12.3. The van der Waals surface area contributed by atoms with Crippen LogP contribution in [-0.2, 0) is 9.53 Å². The molecule has 3 fully saturated rings. The van der Waals surface area contributed by atoms with Crippen LogP contribution in [0.2, 0.25) is 0 Å². The van der Waals surface area contributed by atoms with Crippen molar-refractivity contribution in [1.82, 2.24) is 9.80 Å². The van der Waals surface area contributed by atoms with Gasteiger partial charge in [-0.05, 0) is 38.1 Å². The molecule has 0 radical (unpaired) electrons. The Morgan fingerprint density at radius 3 is 2.76 bits per heavy atom. The van der Waals surface area contributed by atoms with Crippen LogP contribution in [0.4, 0.5) is 0 Å². The van der Waals surface area contributed by atoms with E-state index in [0.29, 0.717) is 12.0 Å². The van der Waals surface area contributed by atoms with E-state index in [2.05, 4.69) is 28.9 Å². The summed E-state index contributed by atoms with van der Waals surface area (Å²) in [6, 6.07) is 0. The van der Waals surface area contributed by atoms with Gasteiger partial charge in [-0.15, -0.1) is 0 Å². The Hall–Kier alpha value is -0.870. The average Bonchev–Trinajstić information content (AvgIpc) is 3.03. The zero-order chi connectivity index (χ0) is 14.7. The second-order valence-corrected chi connectivity index (χ2v) is 7.37. The Morgan fingerprint density at radius 2 is 2.14 bits per heavy atom. The molecule has 4 aliphatic rings. The van der Waals surface area contributed by atoms with Gasteiger partial charge < -0.3 is 14.5 Å². The van der Waals surface area contributed by atoms with Crippen molar-refractivity contribution in [3.8, 4) is 0 Å². The lowest BCUT2D eigenvalue weighted by Gasteiger charge is -2.56. The number of piperidine rings is 2. The molecular formula is C17H26N2O2. The lowest BCUT2D eigenvalue weighted by Crippen LogP contribution is -2.66. The van der Waals surface area contributed by atoms with E-state index in [0.717, 1.165) is 51.9 Å². The molecule has 4 rings (SSSR count). The maximum Gasteiger partial charge on any atom is 0.220 e. The van der Waals surface area contributed by atoms with Gasteiger partial charge in [0, 0.05) is 25.6 Å². The first kappa shape index (κ1) is 13.8. The van der Waals surface area contributed by atoms with Crippen molar-refractivity contribution in [1.29, 1.82) is 0 Å². The van der Waals surface area contributed by atoms with Gasteiger partial charge in [-0.25, -0.2) is 0 Å². The molecule has 21 heavy (non-hydrogen) atoms. The molecule has 0 saturated carbocycles. The third-order valence-corrected chi connectivity index (χ3v) is 6.39. The summed E-state index contributed by atoms with van der Waals surface area (Å²) >= 11 is 0. The first-order chi connectivity index (χ1) is 10.1. The number of fused-ring (bicyclic) bond motifs is 1. The minimum absolute atomic E-state index is 0.0924. The van der Waals surface area contributed by atoms with Crippen LogP contribution in [0.1, 0.15) is 39.5 Å². The maximum atomic E-state index is 12.3. The van der Waals surface area contributed by atoms with Gasteiger partial charge in [0.05, 0.1) is 12.6 Å². The normalized spacial score (nSPS) is 40.8. The minimum Gasteiger partial charge on any atom is -0.361 e. The number of hydrogen-bond acceptors (Lipinski definition) is 3. The molecule has 4 nitrogen and oxygen atoms in total. The molecule has 0 N–H and O–H groups in total. The van der Waals surface area contributed by atoms with Crippen LogP contribution in [-0.4, -0.2) is 59.1 Å². The molecule has 0 aromatic heterocycles. The fourth-order valence-corrected chi connectivity index (χ4v) is 5.13. The van der Waals surface area contributed by atoms with Gasteiger partial charge in [0.1, 0.15) is 5.60 Å². The summed E-state index contributed by atoms with van der Waals surface area (Å²) in [5.41, 5.74) is -0.0709. The molecule has 4 heteroatoms. The number of ether oxygens (including phenoxy) is 1. The zero-order valence-corrected chi connectivity index (χ0v) is 13.2. The van der Waals surface area contributed by atoms with E-state index in [1.807, 2.05) is 0 Å². The van der Waals surface area contributed by atoms with E-state index in [9.17, 15) is 4.79 Å². The minimum atomic E-state index is -0.163. The molecule has 0 aromatic carbocycles. The van der Waals surface area contributed by atoms with Gasteiger partial charge in [-0.1, -0.05) is 19.1 Å². The Kier molecular flexibility index (Phi) is 2.99. The highest BCUT2D eigenvalue weighted by atomic mass is 16.5. The van der Waals surface area contributed by atoms with Crippen LogP contribution in [0.5, 0.6) is 0 Å². The van der Waals surface area contributed by atoms with Crippen LogP contribution in [0.3, 0.4) is 0 Å². The topological polar surface area (TPSA) is 32.8 Å². The molecule has 0 aromatic rings. The molecule has 1 amide bonds. The molecule has 0 aliphatic carbocycles. The van der Waals surface area contributed by atoms with Gasteiger partial charge in [-0.2, -0.15) is 0 Å². The van der Waals surface area contributed by atoms with Crippen LogP contribution in [0, 0.1) is 5.92 Å². The second-order valence-electron chi connectivity index (χ2n) is 7.37. The van der Waals surface area contributed by atoms with Crippen molar-refractivity contribution >= 4 is 5.91 Å². The van der Waals surface area contributed by atoms with E-state index >= 15 is 0 Å². The smallest absolute Gasteiger partial charge is 0.220 e. The summed E-state index contributed by atoms with van der Waals surface area (Å²) < 4.78 is 6.21. The number of amides is 1. The van der Waals surface area contributed by atoms with Crippen molar-refractivity contribution in [3.05, 3.63) is 12.2 Å². The van der Waals surface area contributed by atoms with E-state index in [-0.39, 0.29) is 17.0 Å². The summed E-state index contributed by atoms with van der Waals surface area (Å²) in [6.45, 7) is 8.10. The second kappa shape index (κ2) is 4.56. The van der Waals surface area contributed by atoms with Crippen molar-refractivity contribution < 1.29 is 9.53 Å². The SMILES string of the molecule is CCN1CCC2(CC1)CC1CC3C=CC1(CN2C(C)=O)O3. The predicted molar refractivity (Wildman–Crippen MR) is 80.9 cm³/mol. The van der Waals surface area contributed by atoms with Gasteiger partial charge >= 0.3 is 0 Å². The molecule has 2 bridgehead atoms. The number of carbonyl (C=O) groups excluding carboxylic acids is 1. The van der Waals surface area contributed by atoms with E-state index in [1.54, 1.807) is 6.92 Å². The Morgan fingerprint density at radius 1 is 1.38 bits per heavy atom. The van der Waals surface area contributed by atoms with Crippen molar-refractivity contribution in [2.75, 3.05) is 26.2 Å². The summed E-state index contributed by atoms with van der Waals surface area (Å²) in [7, 11) is 0. The molecule has 2 spiro atoms. The van der Waals surface area contributed by atoms with Crippen LogP contribution < -0.4 is 0 Å². The fraction of sp³-hybridized carbons (Fsp3) is 0.824. The van der Waals surface area contributed by atoms with Crippen LogP contribution in [0.25, 0.3) is 0 Å². The third-order valence-electron chi connectivity index (χ3n) is 6.39. The highest BCUT2D eigenvalue weighted by molar-refractivity contribution is 5.74. The van der Waals surface area contributed by atoms with E-state index < -0.39 is 0 Å². The van der Waals surface area contributed by atoms with Gasteiger partial charge in [-0.3, -0.25) is 4.79 Å². The Bertz CT molecular complexity index is 481. The summed E-state index contributed by atoms with van der Waals surface area (Å²) in [4.78, 5) is 17.0. The lowest BCUT2D eigenvalue weighted by molar-refractivity contribution is -0.154. The molecule has 3 atom stereocenters. The van der Waals surface area contributed by atoms with Crippen molar-refractivity contribution in [2.45, 2.75) is 56.8 Å². The molecule has 116 valence electrons. The summed E-state index contributed by atoms with van der Waals surface area (Å²) in [5.74, 6) is 0.830. The number of nitrogens with zero attached hydrogens (tertiary/aromatic N) is 2. The van der Waals surface area contributed by atoms with Gasteiger partial charge in [0.25, 0.3) is 0 Å². The molecule has 4 aliphatic heterocycles. The standard InChI is InChI=1S/C17H26N2O2/c1-3-18-8-6-16(7-9-18)11-14-10-15-4-5-17(14,21-15)12-19(16)13(2)20/h4-5,14-15H,3,6-12H2,1-2H3. The van der Waals surface area contributed by atoms with Crippen LogP contribution >= 0.6 is 0 Å². The zero-order valence-electron chi connectivity index (χ0n) is 13.2. The number of likely N-dealkylation sites (tertiary alicyclic amines) is 2. The number of carbonyl (C=O) groups is 1.